The van der Waals surface area contributed by atoms with Gasteiger partial charge in [-0.05, 0) is 36.8 Å². The van der Waals surface area contributed by atoms with Crippen LogP contribution in [0.2, 0.25) is 0 Å². The van der Waals surface area contributed by atoms with Gasteiger partial charge >= 0.3 is 6.03 Å². The molecule has 1 atom stereocenters. The molecule has 110 valence electrons. The Morgan fingerprint density at radius 1 is 1.14 bits per heavy atom. The lowest BCUT2D eigenvalue weighted by Crippen LogP contribution is -2.31. The monoisotopic (exact) mass is 285 g/mol. The highest BCUT2D eigenvalue weighted by molar-refractivity contribution is 5.91. The minimum Gasteiger partial charge on any atom is -0.495 e. The second-order valence-corrected chi connectivity index (χ2v) is 4.69. The number of carbonyl (C=O) groups excluding carboxylic acids is 1. The van der Waals surface area contributed by atoms with E-state index in [2.05, 4.69) is 10.6 Å². The minimum atomic E-state index is -0.288. The van der Waals surface area contributed by atoms with Gasteiger partial charge in [0.05, 0.1) is 18.8 Å². The lowest BCUT2D eigenvalue weighted by atomic mass is 10.1. The summed E-state index contributed by atoms with van der Waals surface area (Å²) in [6.07, 6.45) is 0. The molecule has 0 spiro atoms. The molecule has 0 saturated heterocycles. The van der Waals surface area contributed by atoms with Gasteiger partial charge in [-0.15, -0.1) is 0 Å². The molecule has 5 heteroatoms. The van der Waals surface area contributed by atoms with Crippen molar-refractivity contribution in [2.45, 2.75) is 13.0 Å². The van der Waals surface area contributed by atoms with E-state index in [1.165, 1.54) is 0 Å². The average Bonchev–Trinajstić information content (AvgIpc) is 2.48. The van der Waals surface area contributed by atoms with Crippen LogP contribution in [-0.2, 0) is 0 Å². The molecule has 0 radical (unpaired) electrons. The Morgan fingerprint density at radius 3 is 2.48 bits per heavy atom. The summed E-state index contributed by atoms with van der Waals surface area (Å²) in [6.45, 7) is 1.91. The first kappa shape index (κ1) is 14.7. The van der Waals surface area contributed by atoms with Crippen LogP contribution in [0.3, 0.4) is 0 Å². The Hall–Kier alpha value is -2.69. The summed E-state index contributed by atoms with van der Waals surface area (Å²) in [5, 5.41) is 5.64. The lowest BCUT2D eigenvalue weighted by Gasteiger charge is -2.16. The number of methoxy groups -OCH3 is 1. The topological polar surface area (TPSA) is 76.4 Å². The highest BCUT2D eigenvalue weighted by Crippen LogP contribution is 2.23. The van der Waals surface area contributed by atoms with Crippen LogP contribution in [0.4, 0.5) is 16.2 Å². The molecule has 0 aliphatic heterocycles. The molecular weight excluding hydrogens is 266 g/mol. The van der Waals surface area contributed by atoms with E-state index in [9.17, 15) is 4.79 Å². The van der Waals surface area contributed by atoms with Crippen molar-refractivity contribution < 1.29 is 9.53 Å². The molecule has 0 aromatic heterocycles. The first-order valence-corrected chi connectivity index (χ1v) is 6.66. The zero-order valence-electron chi connectivity index (χ0n) is 12.1. The molecule has 0 saturated carbocycles. The van der Waals surface area contributed by atoms with E-state index in [1.54, 1.807) is 19.2 Å². The Kier molecular flexibility index (Phi) is 4.66. The average molecular weight is 285 g/mol. The molecule has 2 amide bonds. The molecule has 0 aliphatic carbocycles. The number of carbonyl (C=O) groups is 1. The van der Waals surface area contributed by atoms with E-state index in [0.29, 0.717) is 17.1 Å². The summed E-state index contributed by atoms with van der Waals surface area (Å²) in [4.78, 5) is 12.0. The maximum absolute atomic E-state index is 12.0. The van der Waals surface area contributed by atoms with Crippen LogP contribution < -0.4 is 21.1 Å². The van der Waals surface area contributed by atoms with E-state index in [4.69, 9.17) is 10.5 Å². The van der Waals surface area contributed by atoms with Gasteiger partial charge in [-0.2, -0.15) is 0 Å². The predicted octanol–water partition coefficient (Wildman–Crippen LogP) is 3.16. The maximum atomic E-state index is 12.0. The van der Waals surface area contributed by atoms with Crippen LogP contribution in [0.25, 0.3) is 0 Å². The molecule has 21 heavy (non-hydrogen) atoms. The Labute approximate surface area is 124 Å². The first-order valence-electron chi connectivity index (χ1n) is 6.66. The number of amides is 2. The van der Waals surface area contributed by atoms with E-state index in [1.807, 2.05) is 43.3 Å². The van der Waals surface area contributed by atoms with Crippen LogP contribution in [0.15, 0.2) is 48.5 Å². The third-order valence-electron chi connectivity index (χ3n) is 3.14. The minimum absolute atomic E-state index is 0.125. The van der Waals surface area contributed by atoms with Crippen LogP contribution in [0.5, 0.6) is 5.75 Å². The SMILES string of the molecule is COc1ccccc1NC(=O)NC(C)c1ccc(N)cc1. The number of benzene rings is 2. The molecule has 2 aromatic rings. The highest BCUT2D eigenvalue weighted by Gasteiger charge is 2.11. The number of hydrogen-bond acceptors (Lipinski definition) is 3. The van der Waals surface area contributed by atoms with Crippen LogP contribution >= 0.6 is 0 Å². The maximum Gasteiger partial charge on any atom is 0.319 e. The number of nitrogen functional groups attached to an aromatic ring is 1. The van der Waals surface area contributed by atoms with Gasteiger partial charge in [0.15, 0.2) is 0 Å². The number of hydrogen-bond donors (Lipinski definition) is 3. The number of urea groups is 1. The van der Waals surface area contributed by atoms with Crippen molar-refractivity contribution in [3.05, 3.63) is 54.1 Å². The number of nitrogens with one attached hydrogen (secondary N) is 2. The molecule has 0 heterocycles. The highest BCUT2D eigenvalue weighted by atomic mass is 16.5. The molecule has 0 aliphatic rings. The Morgan fingerprint density at radius 2 is 1.81 bits per heavy atom. The van der Waals surface area contributed by atoms with E-state index in [0.717, 1.165) is 5.56 Å². The summed E-state index contributed by atoms with van der Waals surface area (Å²) in [5.74, 6) is 0.618. The second kappa shape index (κ2) is 6.65. The third kappa shape index (κ3) is 3.89. The molecule has 0 fully saturated rings. The van der Waals surface area contributed by atoms with Crippen molar-refractivity contribution in [1.29, 1.82) is 0 Å². The van der Waals surface area contributed by atoms with Gasteiger partial charge in [0.1, 0.15) is 5.75 Å². The zero-order chi connectivity index (χ0) is 15.2. The summed E-state index contributed by atoms with van der Waals surface area (Å²) in [5.41, 5.74) is 7.96. The number of ether oxygens (including phenoxy) is 1. The molecular formula is C16H19N3O2. The van der Waals surface area contributed by atoms with Crippen LogP contribution in [0.1, 0.15) is 18.5 Å². The predicted molar refractivity (Wildman–Crippen MR) is 84.4 cm³/mol. The third-order valence-corrected chi connectivity index (χ3v) is 3.14. The summed E-state index contributed by atoms with van der Waals surface area (Å²) in [6, 6.07) is 14.2. The van der Waals surface area contributed by atoms with Gasteiger partial charge in [-0.1, -0.05) is 24.3 Å². The lowest BCUT2D eigenvalue weighted by molar-refractivity contribution is 0.249. The van der Waals surface area contributed by atoms with Gasteiger partial charge < -0.3 is 21.1 Å². The fraction of sp³-hybridized carbons (Fsp3) is 0.188. The van der Waals surface area contributed by atoms with Gasteiger partial charge in [0, 0.05) is 5.69 Å². The number of para-hydroxylation sites is 2. The van der Waals surface area contributed by atoms with Gasteiger partial charge in [-0.3, -0.25) is 0 Å². The van der Waals surface area contributed by atoms with Gasteiger partial charge in [0.25, 0.3) is 0 Å². The quantitative estimate of drug-likeness (QED) is 0.755. The molecule has 1 unspecified atom stereocenters. The largest absolute Gasteiger partial charge is 0.495 e. The van der Waals surface area contributed by atoms with E-state index >= 15 is 0 Å². The van der Waals surface area contributed by atoms with Crippen molar-refractivity contribution in [1.82, 2.24) is 5.32 Å². The molecule has 4 N–H and O–H groups in total. The normalized spacial score (nSPS) is 11.5. The van der Waals surface area contributed by atoms with Crippen LogP contribution in [0, 0.1) is 0 Å². The second-order valence-electron chi connectivity index (χ2n) is 4.69. The molecule has 2 aromatic carbocycles. The molecule has 2 rings (SSSR count). The fourth-order valence-corrected chi connectivity index (χ4v) is 1.97. The number of rotatable bonds is 4. The fourth-order valence-electron chi connectivity index (χ4n) is 1.97. The first-order chi connectivity index (χ1) is 10.1. The van der Waals surface area contributed by atoms with E-state index in [-0.39, 0.29) is 12.1 Å². The standard InChI is InChI=1S/C16H19N3O2/c1-11(12-7-9-13(17)10-8-12)18-16(20)19-14-5-3-4-6-15(14)21-2/h3-11H,17H2,1-2H3,(H2,18,19,20). The number of anilines is 2. The van der Waals surface area contributed by atoms with E-state index < -0.39 is 0 Å². The zero-order valence-corrected chi connectivity index (χ0v) is 12.1. The molecule has 5 nitrogen and oxygen atoms in total. The van der Waals surface area contributed by atoms with Crippen molar-refractivity contribution in [3.8, 4) is 5.75 Å². The van der Waals surface area contributed by atoms with Crippen LogP contribution in [-0.4, -0.2) is 13.1 Å². The van der Waals surface area contributed by atoms with Crippen molar-refractivity contribution >= 4 is 17.4 Å². The number of nitrogens with two attached hydrogens (primary N) is 1. The molecule has 0 bridgehead atoms. The van der Waals surface area contributed by atoms with Gasteiger partial charge in [-0.25, -0.2) is 4.79 Å². The van der Waals surface area contributed by atoms with Gasteiger partial charge in [0.2, 0.25) is 0 Å². The van der Waals surface area contributed by atoms with Crippen molar-refractivity contribution in [3.63, 3.8) is 0 Å². The van der Waals surface area contributed by atoms with Crippen molar-refractivity contribution in [2.75, 3.05) is 18.2 Å². The Bertz CT molecular complexity index is 611. The van der Waals surface area contributed by atoms with Crippen molar-refractivity contribution in [2.24, 2.45) is 0 Å². The summed E-state index contributed by atoms with van der Waals surface area (Å²) < 4.78 is 5.19. The Balaban J connectivity index is 1.99. The summed E-state index contributed by atoms with van der Waals surface area (Å²) in [7, 11) is 1.56. The summed E-state index contributed by atoms with van der Waals surface area (Å²) >= 11 is 0. The smallest absolute Gasteiger partial charge is 0.319 e.